The lowest BCUT2D eigenvalue weighted by Crippen LogP contribution is -2.41. The predicted octanol–water partition coefficient (Wildman–Crippen LogP) is 3.31. The zero-order valence-corrected chi connectivity index (χ0v) is 15.4. The van der Waals surface area contributed by atoms with Gasteiger partial charge in [0.05, 0.1) is 0 Å². The molecule has 0 radical (unpaired) electrons. The molecule has 3 rings (SSSR count). The number of rotatable bonds is 6. The average Bonchev–Trinajstić information content (AvgIpc) is 3.16. The van der Waals surface area contributed by atoms with E-state index in [2.05, 4.69) is 21.0 Å². The number of hydrogen-bond acceptors (Lipinski definition) is 5. The van der Waals surface area contributed by atoms with Crippen LogP contribution in [0.4, 0.5) is 4.39 Å². The minimum absolute atomic E-state index is 0.155. The maximum absolute atomic E-state index is 12.8. The number of nitrogens with zero attached hydrogens (tertiary/aromatic N) is 2. The first-order valence-electron chi connectivity index (χ1n) is 8.44. The van der Waals surface area contributed by atoms with Crippen LogP contribution in [0.1, 0.15) is 29.1 Å². The van der Waals surface area contributed by atoms with Crippen LogP contribution in [0.5, 0.6) is 0 Å². The molecule has 0 aliphatic rings. The number of aryl methyl sites for hydroxylation is 1. The molecule has 144 valence electrons. The molecule has 2 aromatic carbocycles. The summed E-state index contributed by atoms with van der Waals surface area (Å²) in [5.41, 5.74) is 5.60. The van der Waals surface area contributed by atoms with Gasteiger partial charge in [-0.1, -0.05) is 16.8 Å². The maximum atomic E-state index is 12.8. The Morgan fingerprint density at radius 1 is 1.04 bits per heavy atom. The Bertz CT molecular complexity index is 958. The van der Waals surface area contributed by atoms with Gasteiger partial charge in [-0.15, -0.1) is 0 Å². The molecule has 0 saturated heterocycles. The molecule has 3 aromatic rings. The SMILES string of the molecule is O=C(CCCc1nc(-c2ccc(Cl)cc2)no1)NNC(=O)c1ccc(F)cc1. The number of hydrazine groups is 1. The van der Waals surface area contributed by atoms with Gasteiger partial charge in [0.1, 0.15) is 5.82 Å². The van der Waals surface area contributed by atoms with Gasteiger partial charge >= 0.3 is 0 Å². The van der Waals surface area contributed by atoms with E-state index in [-0.39, 0.29) is 17.9 Å². The molecule has 0 fully saturated rings. The molecule has 0 aliphatic carbocycles. The number of carbonyl (C=O) groups excluding carboxylic acids is 2. The van der Waals surface area contributed by atoms with Gasteiger partial charge in [0, 0.05) is 29.0 Å². The standard InChI is InChI=1S/C19H16ClFN4O3/c20-14-8-4-12(5-9-14)18-22-17(28-25-18)3-1-2-16(26)23-24-19(27)13-6-10-15(21)11-7-13/h4-11H,1-3H2,(H,23,26)(H,24,27). The Hall–Kier alpha value is -3.26. The van der Waals surface area contributed by atoms with Crippen LogP contribution in [0.25, 0.3) is 11.4 Å². The zero-order valence-electron chi connectivity index (χ0n) is 14.6. The summed E-state index contributed by atoms with van der Waals surface area (Å²) >= 11 is 5.85. The fraction of sp³-hybridized carbons (Fsp3) is 0.158. The molecule has 0 bridgehead atoms. The molecule has 2 amide bonds. The zero-order chi connectivity index (χ0) is 19.9. The van der Waals surface area contributed by atoms with Gasteiger partial charge in [0.15, 0.2) is 0 Å². The summed E-state index contributed by atoms with van der Waals surface area (Å²) in [5, 5.41) is 4.52. The molecular weight excluding hydrogens is 387 g/mol. The molecule has 28 heavy (non-hydrogen) atoms. The molecule has 7 nitrogen and oxygen atoms in total. The number of carbonyl (C=O) groups is 2. The van der Waals surface area contributed by atoms with E-state index in [1.165, 1.54) is 24.3 Å². The Kier molecular flexibility index (Phi) is 6.33. The lowest BCUT2D eigenvalue weighted by Gasteiger charge is -2.06. The van der Waals surface area contributed by atoms with Crippen molar-refractivity contribution in [2.24, 2.45) is 0 Å². The van der Waals surface area contributed by atoms with E-state index in [1.54, 1.807) is 24.3 Å². The Morgan fingerprint density at radius 2 is 1.75 bits per heavy atom. The Labute approximate surface area is 164 Å². The average molecular weight is 403 g/mol. The van der Waals surface area contributed by atoms with Crippen molar-refractivity contribution in [3.05, 3.63) is 70.8 Å². The highest BCUT2D eigenvalue weighted by Gasteiger charge is 2.11. The molecule has 0 atom stereocenters. The second-order valence-corrected chi connectivity index (χ2v) is 6.32. The van der Waals surface area contributed by atoms with E-state index in [0.29, 0.717) is 29.6 Å². The van der Waals surface area contributed by atoms with E-state index in [0.717, 1.165) is 5.56 Å². The lowest BCUT2D eigenvalue weighted by atomic mass is 10.2. The molecule has 0 saturated carbocycles. The molecule has 1 heterocycles. The summed E-state index contributed by atoms with van der Waals surface area (Å²) in [7, 11) is 0. The van der Waals surface area contributed by atoms with Crippen LogP contribution < -0.4 is 10.9 Å². The van der Waals surface area contributed by atoms with E-state index >= 15 is 0 Å². The van der Waals surface area contributed by atoms with Crippen molar-refractivity contribution >= 4 is 23.4 Å². The number of hydrogen-bond donors (Lipinski definition) is 2. The fourth-order valence-corrected chi connectivity index (χ4v) is 2.46. The molecule has 2 N–H and O–H groups in total. The van der Waals surface area contributed by atoms with Crippen LogP contribution in [-0.2, 0) is 11.2 Å². The smallest absolute Gasteiger partial charge is 0.269 e. The van der Waals surface area contributed by atoms with Crippen molar-refractivity contribution in [3.63, 3.8) is 0 Å². The summed E-state index contributed by atoms with van der Waals surface area (Å²) in [6, 6.07) is 12.0. The monoisotopic (exact) mass is 402 g/mol. The van der Waals surface area contributed by atoms with E-state index in [4.69, 9.17) is 16.1 Å². The quantitative estimate of drug-likeness (QED) is 0.616. The topological polar surface area (TPSA) is 97.1 Å². The molecule has 0 unspecified atom stereocenters. The molecular formula is C19H16ClFN4O3. The van der Waals surface area contributed by atoms with Crippen LogP contribution in [0, 0.1) is 5.82 Å². The van der Waals surface area contributed by atoms with Gasteiger partial charge in [-0.25, -0.2) is 4.39 Å². The van der Waals surface area contributed by atoms with Crippen molar-refractivity contribution in [2.75, 3.05) is 0 Å². The highest BCUT2D eigenvalue weighted by molar-refractivity contribution is 6.30. The number of nitrogens with one attached hydrogen (secondary N) is 2. The number of amides is 2. The van der Waals surface area contributed by atoms with Crippen LogP contribution >= 0.6 is 11.6 Å². The van der Waals surface area contributed by atoms with Crippen LogP contribution in [0.2, 0.25) is 5.02 Å². The van der Waals surface area contributed by atoms with Crippen LogP contribution in [0.3, 0.4) is 0 Å². The highest BCUT2D eigenvalue weighted by Crippen LogP contribution is 2.19. The van der Waals surface area contributed by atoms with Gasteiger partial charge in [0.25, 0.3) is 5.91 Å². The second kappa shape index (κ2) is 9.09. The third kappa shape index (κ3) is 5.37. The van der Waals surface area contributed by atoms with Gasteiger partial charge in [-0.05, 0) is 55.0 Å². The second-order valence-electron chi connectivity index (χ2n) is 5.88. The largest absolute Gasteiger partial charge is 0.339 e. The Balaban J connectivity index is 1.41. The number of benzene rings is 2. The molecule has 0 aliphatic heterocycles. The van der Waals surface area contributed by atoms with Crippen molar-refractivity contribution < 1.29 is 18.5 Å². The minimum Gasteiger partial charge on any atom is -0.339 e. The van der Waals surface area contributed by atoms with Gasteiger partial charge in [0.2, 0.25) is 17.6 Å². The Morgan fingerprint density at radius 3 is 2.46 bits per heavy atom. The lowest BCUT2D eigenvalue weighted by molar-refractivity contribution is -0.121. The third-order valence-corrected chi connectivity index (χ3v) is 4.04. The first-order chi connectivity index (χ1) is 13.5. The summed E-state index contributed by atoms with van der Waals surface area (Å²) in [4.78, 5) is 27.9. The van der Waals surface area contributed by atoms with Gasteiger partial charge in [-0.3, -0.25) is 20.4 Å². The van der Waals surface area contributed by atoms with Crippen molar-refractivity contribution in [1.29, 1.82) is 0 Å². The summed E-state index contributed by atoms with van der Waals surface area (Å²) < 4.78 is 18.0. The fourth-order valence-electron chi connectivity index (χ4n) is 2.34. The molecule has 9 heteroatoms. The van der Waals surface area contributed by atoms with Gasteiger partial charge in [-0.2, -0.15) is 4.98 Å². The van der Waals surface area contributed by atoms with E-state index in [9.17, 15) is 14.0 Å². The first kappa shape index (κ1) is 19.5. The third-order valence-electron chi connectivity index (χ3n) is 3.79. The van der Waals surface area contributed by atoms with Gasteiger partial charge < -0.3 is 4.52 Å². The predicted molar refractivity (Wildman–Crippen MR) is 99.7 cm³/mol. The minimum atomic E-state index is -0.530. The maximum Gasteiger partial charge on any atom is 0.269 e. The summed E-state index contributed by atoms with van der Waals surface area (Å²) in [5.74, 6) is -0.484. The molecule has 1 aromatic heterocycles. The van der Waals surface area contributed by atoms with E-state index in [1.807, 2.05) is 0 Å². The van der Waals surface area contributed by atoms with Crippen molar-refractivity contribution in [2.45, 2.75) is 19.3 Å². The van der Waals surface area contributed by atoms with Crippen LogP contribution in [0.15, 0.2) is 53.1 Å². The first-order valence-corrected chi connectivity index (χ1v) is 8.82. The van der Waals surface area contributed by atoms with Crippen LogP contribution in [-0.4, -0.2) is 22.0 Å². The van der Waals surface area contributed by atoms with Crippen molar-refractivity contribution in [1.82, 2.24) is 21.0 Å². The molecule has 0 spiro atoms. The highest BCUT2D eigenvalue weighted by atomic mass is 35.5. The number of aromatic nitrogens is 2. The van der Waals surface area contributed by atoms with Crippen molar-refractivity contribution in [3.8, 4) is 11.4 Å². The normalized spacial score (nSPS) is 10.5. The van der Waals surface area contributed by atoms with E-state index < -0.39 is 11.7 Å². The summed E-state index contributed by atoms with van der Waals surface area (Å²) in [6.07, 6.45) is 1.03. The summed E-state index contributed by atoms with van der Waals surface area (Å²) in [6.45, 7) is 0. The number of halogens is 2.